The fourth-order valence-corrected chi connectivity index (χ4v) is 4.87. The SMILES string of the molecule is N#Cc1ccc(S(=O)(=O)N2C/C(=C\c3cccnc3)C(=O)/C(=C/c3ccccc3F)C2)cc1. The number of nitrogens with zero attached hydrogens (tertiary/aromatic N) is 3. The number of sulfonamides is 1. The first kappa shape index (κ1) is 22.3. The highest BCUT2D eigenvalue weighted by Gasteiger charge is 2.34. The molecule has 3 aromatic rings. The Balaban J connectivity index is 1.79. The molecule has 0 bridgehead atoms. The van der Waals surface area contributed by atoms with Crippen LogP contribution in [0, 0.1) is 17.1 Å². The maximum absolute atomic E-state index is 14.2. The van der Waals surface area contributed by atoms with Crippen molar-refractivity contribution in [2.45, 2.75) is 4.90 Å². The summed E-state index contributed by atoms with van der Waals surface area (Å²) in [6.45, 7) is -0.357. The summed E-state index contributed by atoms with van der Waals surface area (Å²) in [7, 11) is -3.99. The minimum absolute atomic E-state index is 0.00168. The lowest BCUT2D eigenvalue weighted by atomic mass is 9.96. The van der Waals surface area contributed by atoms with Crippen LogP contribution in [0.5, 0.6) is 0 Å². The summed E-state index contributed by atoms with van der Waals surface area (Å²) in [6.07, 6.45) is 6.13. The molecular weight excluding hydrogens is 441 g/mol. The van der Waals surface area contributed by atoms with Crippen LogP contribution in [0.1, 0.15) is 16.7 Å². The molecule has 1 fully saturated rings. The Hall–Kier alpha value is -3.93. The van der Waals surface area contributed by atoms with Gasteiger partial charge in [-0.25, -0.2) is 12.8 Å². The van der Waals surface area contributed by atoms with E-state index in [9.17, 15) is 17.6 Å². The molecule has 0 unspecified atom stereocenters. The summed E-state index contributed by atoms with van der Waals surface area (Å²) in [5.41, 5.74) is 1.57. The highest BCUT2D eigenvalue weighted by Crippen LogP contribution is 2.27. The first-order valence-electron chi connectivity index (χ1n) is 9.99. The van der Waals surface area contributed by atoms with Crippen molar-refractivity contribution in [1.29, 1.82) is 5.26 Å². The average molecular weight is 460 g/mol. The standard InChI is InChI=1S/C25H18FN3O3S/c26-24-6-2-1-5-20(24)13-22-17-29(33(31,32)23-9-7-18(14-27)8-10-23)16-21(25(22)30)12-19-4-3-11-28-15-19/h1-13,15H,16-17H2/b21-12+,22-13+. The Morgan fingerprint density at radius 1 is 0.970 bits per heavy atom. The molecule has 1 aliphatic heterocycles. The molecule has 6 nitrogen and oxygen atoms in total. The van der Waals surface area contributed by atoms with Gasteiger partial charge in [0.25, 0.3) is 0 Å². The third-order valence-corrected chi connectivity index (χ3v) is 6.96. The fourth-order valence-electron chi connectivity index (χ4n) is 3.47. The van der Waals surface area contributed by atoms with Crippen molar-refractivity contribution in [2.24, 2.45) is 0 Å². The number of nitriles is 1. The van der Waals surface area contributed by atoms with E-state index in [1.54, 1.807) is 36.7 Å². The number of ketones is 1. The average Bonchev–Trinajstić information content (AvgIpc) is 2.83. The number of Topliss-reactive ketones (excluding diaryl/α,β-unsaturated/α-hetero) is 1. The molecule has 0 radical (unpaired) electrons. The Labute approximate surface area is 191 Å². The van der Waals surface area contributed by atoms with Crippen molar-refractivity contribution in [3.05, 3.63) is 107 Å². The van der Waals surface area contributed by atoms with Gasteiger partial charge in [0, 0.05) is 42.2 Å². The summed E-state index contributed by atoms with van der Waals surface area (Å²) in [5, 5.41) is 8.98. The van der Waals surface area contributed by atoms with Crippen LogP contribution in [0.3, 0.4) is 0 Å². The molecule has 2 heterocycles. The van der Waals surface area contributed by atoms with Gasteiger partial charge in [-0.3, -0.25) is 9.78 Å². The van der Waals surface area contributed by atoms with Crippen LogP contribution in [-0.4, -0.2) is 36.6 Å². The minimum atomic E-state index is -3.99. The van der Waals surface area contributed by atoms with Crippen LogP contribution < -0.4 is 0 Å². The van der Waals surface area contributed by atoms with E-state index in [0.29, 0.717) is 11.1 Å². The van der Waals surface area contributed by atoms with Crippen LogP contribution in [-0.2, 0) is 14.8 Å². The predicted molar refractivity (Wildman–Crippen MR) is 122 cm³/mol. The van der Waals surface area contributed by atoms with E-state index in [1.807, 2.05) is 6.07 Å². The van der Waals surface area contributed by atoms with Crippen LogP contribution in [0.15, 0.2) is 89.1 Å². The van der Waals surface area contributed by atoms with Gasteiger partial charge in [0.15, 0.2) is 5.78 Å². The number of carbonyl (C=O) groups is 1. The summed E-state index contributed by atoms with van der Waals surface area (Å²) >= 11 is 0. The smallest absolute Gasteiger partial charge is 0.243 e. The minimum Gasteiger partial charge on any atom is -0.289 e. The highest BCUT2D eigenvalue weighted by molar-refractivity contribution is 7.89. The molecular formula is C25H18FN3O3S. The van der Waals surface area contributed by atoms with Gasteiger partial charge in [-0.15, -0.1) is 0 Å². The fraction of sp³-hybridized carbons (Fsp3) is 0.0800. The Morgan fingerprint density at radius 2 is 1.67 bits per heavy atom. The quantitative estimate of drug-likeness (QED) is 0.553. The molecule has 1 aliphatic rings. The molecule has 8 heteroatoms. The van der Waals surface area contributed by atoms with E-state index >= 15 is 0 Å². The third-order valence-electron chi connectivity index (χ3n) is 5.16. The zero-order valence-corrected chi connectivity index (χ0v) is 18.2. The van der Waals surface area contributed by atoms with Crippen molar-refractivity contribution >= 4 is 28.0 Å². The highest BCUT2D eigenvalue weighted by atomic mass is 32.2. The molecule has 0 spiro atoms. The van der Waals surface area contributed by atoms with Gasteiger partial charge < -0.3 is 0 Å². The predicted octanol–water partition coefficient (Wildman–Crippen LogP) is 3.83. The first-order chi connectivity index (χ1) is 15.9. The topological polar surface area (TPSA) is 91.1 Å². The lowest BCUT2D eigenvalue weighted by Gasteiger charge is -2.29. The van der Waals surface area contributed by atoms with Crippen LogP contribution in [0.25, 0.3) is 12.2 Å². The number of rotatable bonds is 4. The largest absolute Gasteiger partial charge is 0.289 e. The van der Waals surface area contributed by atoms with Gasteiger partial charge in [-0.1, -0.05) is 24.3 Å². The maximum Gasteiger partial charge on any atom is 0.243 e. The number of carbonyl (C=O) groups excluding carboxylic acids is 1. The summed E-state index contributed by atoms with van der Waals surface area (Å²) in [4.78, 5) is 17.2. The Bertz CT molecular complexity index is 1410. The molecule has 4 rings (SSSR count). The van der Waals surface area contributed by atoms with Crippen molar-refractivity contribution in [3.63, 3.8) is 0 Å². The maximum atomic E-state index is 14.2. The first-order valence-corrected chi connectivity index (χ1v) is 11.4. The van der Waals surface area contributed by atoms with Crippen molar-refractivity contribution in [2.75, 3.05) is 13.1 Å². The summed E-state index contributed by atoms with van der Waals surface area (Å²) in [6, 6.07) is 16.9. The monoisotopic (exact) mass is 459 g/mol. The van der Waals surface area contributed by atoms with Gasteiger partial charge in [-0.05, 0) is 54.1 Å². The van der Waals surface area contributed by atoms with E-state index in [0.717, 1.165) is 0 Å². The normalized spacial score (nSPS) is 17.3. The number of piperidine rings is 1. The van der Waals surface area contributed by atoms with Crippen LogP contribution in [0.2, 0.25) is 0 Å². The van der Waals surface area contributed by atoms with E-state index in [4.69, 9.17) is 5.26 Å². The number of benzene rings is 2. The number of hydrogen-bond donors (Lipinski definition) is 0. The molecule has 164 valence electrons. The molecule has 0 amide bonds. The summed E-state index contributed by atoms with van der Waals surface area (Å²) < 4.78 is 42.1. The second-order valence-corrected chi connectivity index (χ2v) is 9.32. The molecule has 2 aromatic carbocycles. The van der Waals surface area contributed by atoms with E-state index < -0.39 is 15.8 Å². The molecule has 33 heavy (non-hydrogen) atoms. The van der Waals surface area contributed by atoms with E-state index in [-0.39, 0.29) is 40.5 Å². The van der Waals surface area contributed by atoms with Gasteiger partial charge >= 0.3 is 0 Å². The number of aromatic nitrogens is 1. The van der Waals surface area contributed by atoms with Gasteiger partial charge in [0.1, 0.15) is 5.82 Å². The number of hydrogen-bond acceptors (Lipinski definition) is 5. The number of halogens is 1. The van der Waals surface area contributed by atoms with Crippen LogP contribution in [0.4, 0.5) is 4.39 Å². The van der Waals surface area contributed by atoms with Crippen molar-refractivity contribution < 1.29 is 17.6 Å². The Morgan fingerprint density at radius 3 is 2.30 bits per heavy atom. The summed E-state index contributed by atoms with van der Waals surface area (Å²) in [5.74, 6) is -0.865. The second-order valence-electron chi connectivity index (χ2n) is 7.39. The second kappa shape index (κ2) is 9.28. The van der Waals surface area contributed by atoms with E-state index in [2.05, 4.69) is 4.98 Å². The molecule has 1 aromatic heterocycles. The van der Waals surface area contributed by atoms with Crippen LogP contribution >= 0.6 is 0 Å². The van der Waals surface area contributed by atoms with Gasteiger partial charge in [0.2, 0.25) is 10.0 Å². The molecule has 0 N–H and O–H groups in total. The van der Waals surface area contributed by atoms with Gasteiger partial charge in [-0.2, -0.15) is 9.57 Å². The Kier molecular flexibility index (Phi) is 6.27. The zero-order valence-electron chi connectivity index (χ0n) is 17.3. The van der Waals surface area contributed by atoms with Crippen molar-refractivity contribution in [1.82, 2.24) is 9.29 Å². The third kappa shape index (κ3) is 4.80. The molecule has 0 saturated carbocycles. The lowest BCUT2D eigenvalue weighted by Crippen LogP contribution is -2.41. The lowest BCUT2D eigenvalue weighted by molar-refractivity contribution is -0.113. The van der Waals surface area contributed by atoms with Crippen molar-refractivity contribution in [3.8, 4) is 6.07 Å². The molecule has 1 saturated heterocycles. The van der Waals surface area contributed by atoms with E-state index in [1.165, 1.54) is 52.8 Å². The zero-order chi connectivity index (χ0) is 23.4. The molecule has 0 aliphatic carbocycles. The van der Waals surface area contributed by atoms with Gasteiger partial charge in [0.05, 0.1) is 16.5 Å². The number of pyridine rings is 1. The molecule has 0 atom stereocenters.